The van der Waals surface area contributed by atoms with Gasteiger partial charge in [0.15, 0.2) is 0 Å². The molecule has 120 valence electrons. The van der Waals surface area contributed by atoms with E-state index in [0.717, 1.165) is 30.0 Å². The van der Waals surface area contributed by atoms with Crippen molar-refractivity contribution in [2.24, 2.45) is 11.8 Å². The second-order valence-corrected chi connectivity index (χ2v) is 7.19. The average Bonchev–Trinajstić information content (AvgIpc) is 2.64. The van der Waals surface area contributed by atoms with Gasteiger partial charge in [-0.15, -0.1) is 0 Å². The van der Waals surface area contributed by atoms with Crippen molar-refractivity contribution in [1.82, 2.24) is 4.90 Å². The number of hydrogen-bond acceptors (Lipinski definition) is 2. The molecule has 0 unspecified atom stereocenters. The van der Waals surface area contributed by atoms with Crippen molar-refractivity contribution in [2.75, 3.05) is 19.6 Å². The maximum absolute atomic E-state index is 11.7. The van der Waals surface area contributed by atoms with E-state index in [1.807, 2.05) is 36.4 Å². The van der Waals surface area contributed by atoms with Crippen LogP contribution < -0.4 is 0 Å². The molecule has 1 atom stereocenters. The number of hydrogen-bond donors (Lipinski definition) is 1. The molecule has 0 spiro atoms. The van der Waals surface area contributed by atoms with Crippen LogP contribution in [0.15, 0.2) is 60.7 Å². The molecule has 2 nitrogen and oxygen atoms in total. The van der Waals surface area contributed by atoms with Gasteiger partial charge < -0.3 is 10.0 Å². The van der Waals surface area contributed by atoms with Crippen molar-refractivity contribution in [2.45, 2.75) is 24.9 Å². The molecule has 5 rings (SSSR count). The van der Waals surface area contributed by atoms with E-state index in [9.17, 15) is 5.11 Å². The predicted molar refractivity (Wildman–Crippen MR) is 93.2 cm³/mol. The second-order valence-electron chi connectivity index (χ2n) is 7.19. The molecular formula is C21H25NO. The van der Waals surface area contributed by atoms with Crippen LogP contribution in [-0.2, 0) is 5.60 Å². The number of benzene rings is 2. The Hall–Kier alpha value is -1.64. The third kappa shape index (κ3) is 2.82. The number of fused-ring (bicyclic) bond motifs is 3. The van der Waals surface area contributed by atoms with Gasteiger partial charge in [-0.3, -0.25) is 0 Å². The predicted octanol–water partition coefficient (Wildman–Crippen LogP) is 3.65. The zero-order chi connectivity index (χ0) is 15.7. The highest BCUT2D eigenvalue weighted by Gasteiger charge is 2.41. The number of nitrogens with zero attached hydrogens (tertiary/aromatic N) is 1. The van der Waals surface area contributed by atoms with Crippen LogP contribution in [0.5, 0.6) is 0 Å². The van der Waals surface area contributed by atoms with E-state index < -0.39 is 5.60 Å². The molecule has 2 aromatic carbocycles. The van der Waals surface area contributed by atoms with E-state index >= 15 is 0 Å². The van der Waals surface area contributed by atoms with Gasteiger partial charge in [0, 0.05) is 6.54 Å². The van der Waals surface area contributed by atoms with Crippen LogP contribution in [-0.4, -0.2) is 29.6 Å². The zero-order valence-corrected chi connectivity index (χ0v) is 13.6. The number of piperidine rings is 3. The number of rotatable bonds is 4. The first kappa shape index (κ1) is 14.9. The van der Waals surface area contributed by atoms with Gasteiger partial charge in [-0.2, -0.15) is 0 Å². The summed E-state index contributed by atoms with van der Waals surface area (Å²) in [5, 5.41) is 11.7. The van der Waals surface area contributed by atoms with E-state index in [2.05, 4.69) is 29.2 Å². The average molecular weight is 307 g/mol. The summed E-state index contributed by atoms with van der Waals surface area (Å²) >= 11 is 0. The Morgan fingerprint density at radius 3 is 1.83 bits per heavy atom. The highest BCUT2D eigenvalue weighted by Crippen LogP contribution is 2.42. The lowest BCUT2D eigenvalue weighted by molar-refractivity contribution is -0.0135. The molecule has 3 fully saturated rings. The number of aliphatic hydroxyl groups is 1. The highest BCUT2D eigenvalue weighted by molar-refractivity contribution is 5.36. The molecule has 0 radical (unpaired) electrons. The Balaban J connectivity index is 1.69. The van der Waals surface area contributed by atoms with Gasteiger partial charge in [0.25, 0.3) is 0 Å². The van der Waals surface area contributed by atoms with E-state index in [0.29, 0.717) is 5.92 Å². The third-order valence-electron chi connectivity index (χ3n) is 5.85. The van der Waals surface area contributed by atoms with Crippen LogP contribution in [0.4, 0.5) is 0 Å². The van der Waals surface area contributed by atoms with Crippen LogP contribution in [0.3, 0.4) is 0 Å². The minimum absolute atomic E-state index is 0.586. The third-order valence-corrected chi connectivity index (χ3v) is 5.85. The molecule has 0 aromatic heterocycles. The normalized spacial score (nSPS) is 27.1. The first-order chi connectivity index (χ1) is 11.3. The molecule has 3 aliphatic heterocycles. The molecule has 3 saturated heterocycles. The summed E-state index contributed by atoms with van der Waals surface area (Å²) in [4.78, 5) is 2.57. The molecule has 2 heteroatoms. The van der Waals surface area contributed by atoms with Gasteiger partial charge in [0.05, 0.1) is 0 Å². The molecule has 1 N–H and O–H groups in total. The molecule has 0 aliphatic carbocycles. The molecule has 3 aliphatic rings. The van der Waals surface area contributed by atoms with E-state index in [1.165, 1.54) is 25.9 Å². The van der Waals surface area contributed by atoms with Crippen molar-refractivity contribution < 1.29 is 5.11 Å². The van der Waals surface area contributed by atoms with Crippen molar-refractivity contribution >= 4 is 0 Å². The monoisotopic (exact) mass is 307 g/mol. The summed E-state index contributed by atoms with van der Waals surface area (Å²) in [7, 11) is 0. The van der Waals surface area contributed by atoms with Gasteiger partial charge in [-0.1, -0.05) is 60.7 Å². The smallest absolute Gasteiger partial charge is 0.115 e. The van der Waals surface area contributed by atoms with Crippen LogP contribution >= 0.6 is 0 Å². The van der Waals surface area contributed by atoms with Gasteiger partial charge in [0.1, 0.15) is 5.60 Å². The van der Waals surface area contributed by atoms with E-state index in [-0.39, 0.29) is 0 Å². The fraction of sp³-hybridized carbons (Fsp3) is 0.429. The quantitative estimate of drug-likeness (QED) is 0.932. The van der Waals surface area contributed by atoms with Gasteiger partial charge in [0.2, 0.25) is 0 Å². The maximum atomic E-state index is 11.7. The molecule has 3 heterocycles. The van der Waals surface area contributed by atoms with Crippen LogP contribution in [0.2, 0.25) is 0 Å². The molecular weight excluding hydrogens is 282 g/mol. The molecule has 0 saturated carbocycles. The Labute approximate surface area is 138 Å². The Bertz CT molecular complexity index is 592. The van der Waals surface area contributed by atoms with Gasteiger partial charge >= 0.3 is 0 Å². The topological polar surface area (TPSA) is 23.5 Å². The molecule has 2 aromatic rings. The lowest BCUT2D eigenvalue weighted by Crippen LogP contribution is -2.49. The zero-order valence-electron chi connectivity index (χ0n) is 13.6. The van der Waals surface area contributed by atoms with Gasteiger partial charge in [-0.05, 0) is 55.3 Å². The largest absolute Gasteiger partial charge is 0.380 e. The van der Waals surface area contributed by atoms with Crippen LogP contribution in [0, 0.1) is 11.8 Å². The van der Waals surface area contributed by atoms with Crippen molar-refractivity contribution in [1.29, 1.82) is 0 Å². The minimum atomic E-state index is -0.883. The summed E-state index contributed by atoms with van der Waals surface area (Å²) in [6.07, 6.45) is 3.41. The lowest BCUT2D eigenvalue weighted by Gasteiger charge is -2.47. The van der Waals surface area contributed by atoms with E-state index in [1.54, 1.807) is 0 Å². The molecule has 2 bridgehead atoms. The second kappa shape index (κ2) is 6.10. The first-order valence-corrected chi connectivity index (χ1v) is 8.81. The summed E-state index contributed by atoms with van der Waals surface area (Å²) in [6.45, 7) is 3.64. The van der Waals surface area contributed by atoms with E-state index in [4.69, 9.17) is 0 Å². The fourth-order valence-electron chi connectivity index (χ4n) is 4.53. The van der Waals surface area contributed by atoms with Crippen LogP contribution in [0.1, 0.15) is 30.4 Å². The minimum Gasteiger partial charge on any atom is -0.380 e. The first-order valence-electron chi connectivity index (χ1n) is 8.81. The lowest BCUT2D eigenvalue weighted by atomic mass is 9.70. The molecule has 23 heavy (non-hydrogen) atoms. The summed E-state index contributed by atoms with van der Waals surface area (Å²) in [5.41, 5.74) is 1.15. The SMILES string of the molecule is OC(C[C@H]1CN2CCC1CC2)(c1ccccc1)c1ccccc1. The van der Waals surface area contributed by atoms with Crippen molar-refractivity contribution in [3.8, 4) is 0 Å². The Kier molecular flexibility index (Phi) is 3.96. The summed E-state index contributed by atoms with van der Waals surface area (Å²) in [6, 6.07) is 20.4. The summed E-state index contributed by atoms with van der Waals surface area (Å²) < 4.78 is 0. The van der Waals surface area contributed by atoms with Gasteiger partial charge in [-0.25, -0.2) is 0 Å². The van der Waals surface area contributed by atoms with Crippen LogP contribution in [0.25, 0.3) is 0 Å². The molecule has 0 amide bonds. The standard InChI is InChI=1S/C21H25NO/c23-21(19-7-3-1-4-8-19,20-9-5-2-6-10-20)15-18-16-22-13-11-17(18)12-14-22/h1-10,17-18,23H,11-16H2/t18-/m0/s1. The Morgan fingerprint density at radius 1 is 0.870 bits per heavy atom. The van der Waals surface area contributed by atoms with Crippen molar-refractivity contribution in [3.05, 3.63) is 71.8 Å². The highest BCUT2D eigenvalue weighted by atomic mass is 16.3. The maximum Gasteiger partial charge on any atom is 0.115 e. The van der Waals surface area contributed by atoms with Crippen molar-refractivity contribution in [3.63, 3.8) is 0 Å². The summed E-state index contributed by atoms with van der Waals surface area (Å²) in [5.74, 6) is 1.36. The Morgan fingerprint density at radius 2 is 1.39 bits per heavy atom. The fourth-order valence-corrected chi connectivity index (χ4v) is 4.53.